The minimum absolute atomic E-state index is 0. The van der Waals surface area contributed by atoms with Crippen molar-refractivity contribution in [1.29, 1.82) is 0 Å². The molecule has 0 radical (unpaired) electrons. The number of piperazine rings is 1. The second-order valence-electron chi connectivity index (χ2n) is 8.67. The summed E-state index contributed by atoms with van der Waals surface area (Å²) < 4.78 is 0. The fraction of sp³-hybridized carbons (Fsp3) is 0.708. The third-order valence-electron chi connectivity index (χ3n) is 5.63. The molecule has 0 saturated carbocycles. The minimum Gasteiger partial charge on any atom is -0.396 e. The molecule has 1 heterocycles. The molecule has 1 aliphatic heterocycles. The SMILES string of the molecule is CCNC(=NCC(CCO)CC(C)C)NCCCN1CCN(c2ccccc2)CC1.I. The highest BCUT2D eigenvalue weighted by molar-refractivity contribution is 14.0. The van der Waals surface area contributed by atoms with Crippen LogP contribution >= 0.6 is 24.0 Å². The molecule has 7 heteroatoms. The fourth-order valence-corrected chi connectivity index (χ4v) is 4.07. The van der Waals surface area contributed by atoms with E-state index < -0.39 is 0 Å². The van der Waals surface area contributed by atoms with Gasteiger partial charge in [-0.3, -0.25) is 9.89 Å². The molecule has 0 aliphatic carbocycles. The second-order valence-corrected chi connectivity index (χ2v) is 8.67. The Balaban J connectivity index is 0.00000480. The summed E-state index contributed by atoms with van der Waals surface area (Å²) in [5.74, 6) is 1.99. The van der Waals surface area contributed by atoms with Crippen molar-refractivity contribution in [3.05, 3.63) is 30.3 Å². The molecule has 2 rings (SSSR count). The van der Waals surface area contributed by atoms with E-state index in [1.165, 1.54) is 5.69 Å². The Morgan fingerprint density at radius 1 is 1.10 bits per heavy atom. The first-order chi connectivity index (χ1) is 14.6. The number of aliphatic hydroxyl groups is 1. The molecular formula is C24H44IN5O. The Hall–Kier alpha value is -1.06. The maximum atomic E-state index is 9.31. The van der Waals surface area contributed by atoms with Gasteiger partial charge < -0.3 is 20.6 Å². The molecule has 1 aliphatic rings. The molecule has 1 atom stereocenters. The van der Waals surface area contributed by atoms with Gasteiger partial charge in [-0.1, -0.05) is 32.0 Å². The number of anilines is 1. The van der Waals surface area contributed by atoms with Gasteiger partial charge >= 0.3 is 0 Å². The molecule has 0 amide bonds. The standard InChI is InChI=1S/C24H43N5O.HI/c1-4-25-24(27-20-22(11-18-30)19-21(2)3)26-12-8-13-28-14-16-29(17-15-28)23-9-6-5-7-10-23;/h5-7,9-10,21-22,30H,4,8,11-20H2,1-3H3,(H2,25,26,27);1H. The molecule has 178 valence electrons. The normalized spacial score (nSPS) is 16.2. The first-order valence-electron chi connectivity index (χ1n) is 11.8. The van der Waals surface area contributed by atoms with Crippen LogP contribution < -0.4 is 15.5 Å². The fourth-order valence-electron chi connectivity index (χ4n) is 4.07. The number of benzene rings is 1. The minimum atomic E-state index is 0. The smallest absolute Gasteiger partial charge is 0.191 e. The van der Waals surface area contributed by atoms with Gasteiger partial charge in [-0.25, -0.2) is 0 Å². The highest BCUT2D eigenvalue weighted by Crippen LogP contribution is 2.16. The van der Waals surface area contributed by atoms with E-state index in [2.05, 4.69) is 71.5 Å². The number of rotatable bonds is 12. The van der Waals surface area contributed by atoms with E-state index in [9.17, 15) is 5.11 Å². The number of guanidine groups is 1. The van der Waals surface area contributed by atoms with Gasteiger partial charge in [0.25, 0.3) is 0 Å². The van der Waals surface area contributed by atoms with Crippen LogP contribution in [0.3, 0.4) is 0 Å². The molecule has 1 aromatic carbocycles. The molecular weight excluding hydrogens is 501 g/mol. The van der Waals surface area contributed by atoms with Crippen molar-refractivity contribution in [2.45, 2.75) is 40.0 Å². The van der Waals surface area contributed by atoms with E-state index >= 15 is 0 Å². The van der Waals surface area contributed by atoms with E-state index in [1.807, 2.05) is 0 Å². The van der Waals surface area contributed by atoms with Crippen LogP contribution in [-0.4, -0.2) is 74.9 Å². The zero-order valence-electron chi connectivity index (χ0n) is 19.7. The van der Waals surface area contributed by atoms with Crippen molar-refractivity contribution in [3.63, 3.8) is 0 Å². The van der Waals surface area contributed by atoms with Crippen molar-refractivity contribution in [3.8, 4) is 0 Å². The van der Waals surface area contributed by atoms with Crippen LogP contribution in [0.4, 0.5) is 5.69 Å². The Bertz CT molecular complexity index is 591. The molecule has 0 spiro atoms. The summed E-state index contributed by atoms with van der Waals surface area (Å²) in [5, 5.41) is 16.1. The first-order valence-corrected chi connectivity index (χ1v) is 11.8. The molecule has 1 unspecified atom stereocenters. The summed E-state index contributed by atoms with van der Waals surface area (Å²) in [6, 6.07) is 10.7. The second kappa shape index (κ2) is 16.6. The van der Waals surface area contributed by atoms with Crippen LogP contribution in [0.25, 0.3) is 0 Å². The number of aliphatic imine (C=N–C) groups is 1. The van der Waals surface area contributed by atoms with E-state index in [0.717, 1.165) is 77.6 Å². The van der Waals surface area contributed by atoms with E-state index in [4.69, 9.17) is 4.99 Å². The topological polar surface area (TPSA) is 63.1 Å². The van der Waals surface area contributed by atoms with E-state index in [-0.39, 0.29) is 30.6 Å². The monoisotopic (exact) mass is 545 g/mol. The molecule has 1 aromatic rings. The lowest BCUT2D eigenvalue weighted by Gasteiger charge is -2.36. The lowest BCUT2D eigenvalue weighted by Crippen LogP contribution is -2.47. The largest absolute Gasteiger partial charge is 0.396 e. The maximum absolute atomic E-state index is 9.31. The summed E-state index contributed by atoms with van der Waals surface area (Å²) in [4.78, 5) is 9.81. The van der Waals surface area contributed by atoms with Gasteiger partial charge in [0.1, 0.15) is 0 Å². The predicted molar refractivity (Wildman–Crippen MR) is 144 cm³/mol. The Morgan fingerprint density at radius 3 is 2.42 bits per heavy atom. The molecule has 3 N–H and O–H groups in total. The molecule has 31 heavy (non-hydrogen) atoms. The van der Waals surface area contributed by atoms with Crippen molar-refractivity contribution < 1.29 is 5.11 Å². The van der Waals surface area contributed by atoms with Gasteiger partial charge in [-0.2, -0.15) is 0 Å². The number of hydrogen-bond donors (Lipinski definition) is 3. The van der Waals surface area contributed by atoms with E-state index in [0.29, 0.717) is 11.8 Å². The van der Waals surface area contributed by atoms with Crippen molar-refractivity contribution in [1.82, 2.24) is 15.5 Å². The van der Waals surface area contributed by atoms with Gasteiger partial charge in [0, 0.05) is 58.1 Å². The van der Waals surface area contributed by atoms with Gasteiger partial charge in [0.2, 0.25) is 0 Å². The highest BCUT2D eigenvalue weighted by atomic mass is 127. The average Bonchev–Trinajstić information content (AvgIpc) is 2.75. The third-order valence-corrected chi connectivity index (χ3v) is 5.63. The maximum Gasteiger partial charge on any atom is 0.191 e. The summed E-state index contributed by atoms with van der Waals surface area (Å²) in [6.07, 6.45) is 3.05. The number of hydrogen-bond acceptors (Lipinski definition) is 4. The van der Waals surface area contributed by atoms with Crippen molar-refractivity contribution in [2.75, 3.05) is 63.9 Å². The van der Waals surface area contributed by atoms with E-state index in [1.54, 1.807) is 0 Å². The van der Waals surface area contributed by atoms with Crippen LogP contribution in [0.1, 0.15) is 40.0 Å². The van der Waals surface area contributed by atoms with Gasteiger partial charge in [-0.05, 0) is 56.7 Å². The Morgan fingerprint density at radius 2 is 1.81 bits per heavy atom. The molecule has 6 nitrogen and oxygen atoms in total. The Kier molecular flexibility index (Phi) is 14.9. The number of aliphatic hydroxyl groups excluding tert-OH is 1. The molecule has 0 bridgehead atoms. The van der Waals surface area contributed by atoms with Crippen LogP contribution in [0.15, 0.2) is 35.3 Å². The molecule has 1 saturated heterocycles. The lowest BCUT2D eigenvalue weighted by atomic mass is 9.94. The van der Waals surface area contributed by atoms with Gasteiger partial charge in [-0.15, -0.1) is 24.0 Å². The van der Waals surface area contributed by atoms with Crippen molar-refractivity contribution in [2.24, 2.45) is 16.8 Å². The number of nitrogens with zero attached hydrogens (tertiary/aromatic N) is 3. The van der Waals surface area contributed by atoms with Gasteiger partial charge in [0.05, 0.1) is 0 Å². The van der Waals surface area contributed by atoms with Crippen LogP contribution in [-0.2, 0) is 0 Å². The van der Waals surface area contributed by atoms with Crippen LogP contribution in [0, 0.1) is 11.8 Å². The van der Waals surface area contributed by atoms with Crippen LogP contribution in [0.5, 0.6) is 0 Å². The third kappa shape index (κ3) is 11.4. The molecule has 1 fully saturated rings. The highest BCUT2D eigenvalue weighted by Gasteiger charge is 2.16. The number of para-hydroxylation sites is 1. The zero-order chi connectivity index (χ0) is 21.6. The average molecular weight is 546 g/mol. The van der Waals surface area contributed by atoms with Crippen LogP contribution in [0.2, 0.25) is 0 Å². The summed E-state index contributed by atoms with van der Waals surface area (Å²) in [5.41, 5.74) is 1.34. The zero-order valence-corrected chi connectivity index (χ0v) is 22.1. The lowest BCUT2D eigenvalue weighted by molar-refractivity contribution is 0.245. The summed E-state index contributed by atoms with van der Waals surface area (Å²) >= 11 is 0. The number of halogens is 1. The quantitative estimate of drug-likeness (QED) is 0.163. The number of nitrogens with one attached hydrogen (secondary N) is 2. The predicted octanol–water partition coefficient (Wildman–Crippen LogP) is 3.42. The Labute approximate surface area is 206 Å². The first kappa shape index (κ1) is 28.0. The van der Waals surface area contributed by atoms with Crippen molar-refractivity contribution >= 4 is 35.6 Å². The summed E-state index contributed by atoms with van der Waals surface area (Å²) in [7, 11) is 0. The summed E-state index contributed by atoms with van der Waals surface area (Å²) in [6.45, 7) is 15.0. The van der Waals surface area contributed by atoms with Gasteiger partial charge in [0.15, 0.2) is 5.96 Å². The molecule has 0 aromatic heterocycles.